The van der Waals surface area contributed by atoms with Crippen LogP contribution in [0.3, 0.4) is 0 Å². The summed E-state index contributed by atoms with van der Waals surface area (Å²) in [7, 11) is 0. The van der Waals surface area contributed by atoms with Crippen molar-refractivity contribution in [3.63, 3.8) is 0 Å². The lowest BCUT2D eigenvalue weighted by Crippen LogP contribution is -2.07. The number of nitrogens with zero attached hydrogens (tertiary/aromatic N) is 3. The van der Waals surface area contributed by atoms with E-state index in [1.54, 1.807) is 6.20 Å². The number of aromatic nitrogens is 3. The molecule has 0 aliphatic rings. The van der Waals surface area contributed by atoms with Crippen LogP contribution in [0.25, 0.3) is 11.0 Å². The van der Waals surface area contributed by atoms with Crippen LogP contribution in [0, 0.1) is 6.92 Å². The van der Waals surface area contributed by atoms with E-state index in [1.807, 2.05) is 44.3 Å². The largest absolute Gasteiger partial charge is 0.321 e. The second-order valence-electron chi connectivity index (χ2n) is 5.08. The molecule has 0 radical (unpaired) electrons. The Balaban J connectivity index is 2.20. The van der Waals surface area contributed by atoms with Gasteiger partial charge in [-0.2, -0.15) is 0 Å². The molecule has 3 rings (SSSR count). The maximum atomic E-state index is 6.37. The molecule has 108 valence electrons. The van der Waals surface area contributed by atoms with Crippen LogP contribution in [0.15, 0.2) is 36.7 Å². The molecule has 5 heteroatoms. The van der Waals surface area contributed by atoms with Gasteiger partial charge in [0.05, 0.1) is 21.4 Å². The molecule has 3 aromatic rings. The Morgan fingerprint density at radius 1 is 1.29 bits per heavy atom. The summed E-state index contributed by atoms with van der Waals surface area (Å²) in [4.78, 5) is 8.76. The molecule has 1 atom stereocenters. The van der Waals surface area contributed by atoms with Crippen LogP contribution in [-0.4, -0.2) is 14.5 Å². The minimum Gasteiger partial charge on any atom is -0.321 e. The van der Waals surface area contributed by atoms with Crippen LogP contribution >= 0.6 is 23.2 Å². The van der Waals surface area contributed by atoms with Gasteiger partial charge in [-0.1, -0.05) is 17.7 Å². The molecule has 1 aromatic carbocycles. The molecule has 2 aromatic heterocycles. The topological polar surface area (TPSA) is 30.7 Å². The summed E-state index contributed by atoms with van der Waals surface area (Å²) in [5.41, 5.74) is 4.12. The highest BCUT2D eigenvalue weighted by atomic mass is 35.5. The molecule has 0 bridgehead atoms. The molecule has 0 N–H and O–H groups in total. The second kappa shape index (κ2) is 5.66. The van der Waals surface area contributed by atoms with Crippen molar-refractivity contribution < 1.29 is 0 Å². The molecule has 0 aliphatic carbocycles. The van der Waals surface area contributed by atoms with Gasteiger partial charge in [-0.05, 0) is 43.2 Å². The Morgan fingerprint density at radius 3 is 2.81 bits per heavy atom. The van der Waals surface area contributed by atoms with E-state index in [0.29, 0.717) is 11.6 Å². The van der Waals surface area contributed by atoms with E-state index in [9.17, 15) is 0 Å². The van der Waals surface area contributed by atoms with E-state index in [0.717, 1.165) is 22.4 Å². The summed E-state index contributed by atoms with van der Waals surface area (Å²) < 4.78 is 2.09. The van der Waals surface area contributed by atoms with Gasteiger partial charge in [0.2, 0.25) is 0 Å². The quantitative estimate of drug-likeness (QED) is 0.653. The van der Waals surface area contributed by atoms with E-state index in [2.05, 4.69) is 14.5 Å². The molecule has 0 saturated heterocycles. The average Bonchev–Trinajstić information content (AvgIpc) is 2.82. The molecular formula is C16H15Cl2N3. The minimum absolute atomic E-state index is 0.185. The van der Waals surface area contributed by atoms with Gasteiger partial charge in [0, 0.05) is 18.9 Å². The third-order valence-electron chi connectivity index (χ3n) is 3.57. The Kier molecular flexibility index (Phi) is 3.87. The third-order valence-corrected chi connectivity index (χ3v) is 4.07. The van der Waals surface area contributed by atoms with E-state index in [4.69, 9.17) is 23.2 Å². The van der Waals surface area contributed by atoms with Gasteiger partial charge in [0.15, 0.2) is 0 Å². The molecule has 3 nitrogen and oxygen atoms in total. The number of alkyl halides is 1. The fraction of sp³-hybridized carbons (Fsp3) is 0.250. The monoisotopic (exact) mass is 319 g/mol. The number of fused-ring (bicyclic) bond motifs is 1. The zero-order valence-corrected chi connectivity index (χ0v) is 13.4. The average molecular weight is 320 g/mol. The van der Waals surface area contributed by atoms with Crippen molar-refractivity contribution in [2.24, 2.45) is 0 Å². The molecule has 0 amide bonds. The summed E-state index contributed by atoms with van der Waals surface area (Å²) in [5, 5.41) is 0.505. The van der Waals surface area contributed by atoms with Crippen LogP contribution < -0.4 is 0 Å². The zero-order valence-electron chi connectivity index (χ0n) is 11.8. The summed E-state index contributed by atoms with van der Waals surface area (Å²) in [5.74, 6) is 0.830. The second-order valence-corrected chi connectivity index (χ2v) is 6.14. The predicted molar refractivity (Wildman–Crippen MR) is 87.1 cm³/mol. The van der Waals surface area contributed by atoms with E-state index < -0.39 is 0 Å². The van der Waals surface area contributed by atoms with E-state index in [-0.39, 0.29) is 5.38 Å². The van der Waals surface area contributed by atoms with Crippen molar-refractivity contribution >= 4 is 34.2 Å². The molecule has 0 fully saturated rings. The van der Waals surface area contributed by atoms with Gasteiger partial charge >= 0.3 is 0 Å². The summed E-state index contributed by atoms with van der Waals surface area (Å²) >= 11 is 12.7. The van der Waals surface area contributed by atoms with Gasteiger partial charge < -0.3 is 4.57 Å². The van der Waals surface area contributed by atoms with Crippen molar-refractivity contribution in [2.75, 3.05) is 0 Å². The first-order valence-electron chi connectivity index (χ1n) is 6.76. The van der Waals surface area contributed by atoms with Crippen LogP contribution in [0.4, 0.5) is 0 Å². The minimum atomic E-state index is -0.185. The van der Waals surface area contributed by atoms with E-state index in [1.165, 1.54) is 5.56 Å². The van der Waals surface area contributed by atoms with Crippen molar-refractivity contribution in [2.45, 2.75) is 25.8 Å². The number of pyridine rings is 1. The van der Waals surface area contributed by atoms with Gasteiger partial charge in [0.25, 0.3) is 0 Å². The molecule has 1 unspecified atom stereocenters. The van der Waals surface area contributed by atoms with Crippen LogP contribution in [0.1, 0.15) is 29.3 Å². The molecule has 21 heavy (non-hydrogen) atoms. The normalized spacial score (nSPS) is 12.8. The molecular weight excluding hydrogens is 305 g/mol. The van der Waals surface area contributed by atoms with Crippen molar-refractivity contribution in [1.82, 2.24) is 14.5 Å². The smallest absolute Gasteiger partial charge is 0.128 e. The van der Waals surface area contributed by atoms with Crippen molar-refractivity contribution in [3.8, 4) is 0 Å². The molecule has 0 spiro atoms. The number of hydrogen-bond donors (Lipinski definition) is 0. The molecule has 0 saturated carbocycles. The fourth-order valence-corrected chi connectivity index (χ4v) is 2.91. The highest BCUT2D eigenvalue weighted by Gasteiger charge is 2.17. The first-order valence-corrected chi connectivity index (χ1v) is 7.57. The summed E-state index contributed by atoms with van der Waals surface area (Å²) in [6.45, 7) is 4.65. The van der Waals surface area contributed by atoms with Gasteiger partial charge in [-0.15, -0.1) is 11.6 Å². The lowest BCUT2D eigenvalue weighted by molar-refractivity contribution is 0.738. The van der Waals surface area contributed by atoms with Gasteiger partial charge in [-0.25, -0.2) is 4.98 Å². The maximum Gasteiger partial charge on any atom is 0.128 e. The number of hydrogen-bond acceptors (Lipinski definition) is 2. The highest BCUT2D eigenvalue weighted by Crippen LogP contribution is 2.30. The first kappa shape index (κ1) is 14.4. The molecule has 0 aliphatic heterocycles. The lowest BCUT2D eigenvalue weighted by Gasteiger charge is -2.12. The van der Waals surface area contributed by atoms with Crippen molar-refractivity contribution in [1.29, 1.82) is 0 Å². The first-order chi connectivity index (χ1) is 10.1. The number of imidazole rings is 1. The van der Waals surface area contributed by atoms with Gasteiger partial charge in [-0.3, -0.25) is 4.98 Å². The highest BCUT2D eigenvalue weighted by molar-refractivity contribution is 6.35. The van der Waals surface area contributed by atoms with Gasteiger partial charge in [0.1, 0.15) is 5.82 Å². The Labute approximate surface area is 133 Å². The van der Waals surface area contributed by atoms with Crippen LogP contribution in [0.2, 0.25) is 5.02 Å². The van der Waals surface area contributed by atoms with Crippen LogP contribution in [0.5, 0.6) is 0 Å². The SMILES string of the molecule is Cc1cnccc1Cn1c(C(C)Cl)nc2cccc(Cl)c21. The number of aryl methyl sites for hydroxylation is 1. The Hall–Kier alpha value is -1.58. The maximum absolute atomic E-state index is 6.37. The van der Waals surface area contributed by atoms with Crippen molar-refractivity contribution in [3.05, 3.63) is 58.6 Å². The summed E-state index contributed by atoms with van der Waals surface area (Å²) in [6.07, 6.45) is 3.66. The Bertz CT molecular complexity index is 793. The lowest BCUT2D eigenvalue weighted by atomic mass is 10.1. The summed E-state index contributed by atoms with van der Waals surface area (Å²) in [6, 6.07) is 7.76. The number of rotatable bonds is 3. The third kappa shape index (κ3) is 2.63. The van der Waals surface area contributed by atoms with Crippen LogP contribution in [-0.2, 0) is 6.54 Å². The van der Waals surface area contributed by atoms with E-state index >= 15 is 0 Å². The number of halogens is 2. The molecule has 2 heterocycles. The standard InChI is InChI=1S/C16H15Cl2N3/c1-10-8-19-7-6-12(10)9-21-15-13(18)4-3-5-14(15)20-16(21)11(2)17/h3-8,11H,9H2,1-2H3. The number of para-hydroxylation sites is 1. The zero-order chi connectivity index (χ0) is 15.0. The number of benzene rings is 1. The Morgan fingerprint density at radius 2 is 2.10 bits per heavy atom. The fourth-order valence-electron chi connectivity index (χ4n) is 2.47. The predicted octanol–water partition coefficient (Wildman–Crippen LogP) is 4.74.